The van der Waals surface area contributed by atoms with Gasteiger partial charge < -0.3 is 15.1 Å². The van der Waals surface area contributed by atoms with Crippen LogP contribution in [0, 0.1) is 5.92 Å². The van der Waals surface area contributed by atoms with E-state index in [1.165, 1.54) is 16.9 Å². The first-order chi connectivity index (χ1) is 15.1. The SMILES string of the molecule is CN1CCN(Cc2cccc(CNC(=O)C3CCCN(C(=O)c4cccs4)C3)c2)CC1. The molecule has 1 aromatic heterocycles. The van der Waals surface area contributed by atoms with Gasteiger partial charge in [-0.25, -0.2) is 0 Å². The molecule has 2 fully saturated rings. The zero-order valence-corrected chi connectivity index (χ0v) is 19.1. The smallest absolute Gasteiger partial charge is 0.263 e. The molecule has 1 unspecified atom stereocenters. The predicted octanol–water partition coefficient (Wildman–Crippen LogP) is 2.66. The fourth-order valence-corrected chi connectivity index (χ4v) is 5.06. The third kappa shape index (κ3) is 5.93. The summed E-state index contributed by atoms with van der Waals surface area (Å²) >= 11 is 1.46. The Balaban J connectivity index is 1.28. The average molecular weight is 441 g/mol. The van der Waals surface area contributed by atoms with Crippen LogP contribution in [-0.2, 0) is 17.9 Å². The largest absolute Gasteiger partial charge is 0.352 e. The van der Waals surface area contributed by atoms with Gasteiger partial charge in [0, 0.05) is 52.4 Å². The number of hydrogen-bond acceptors (Lipinski definition) is 5. The van der Waals surface area contributed by atoms with Gasteiger partial charge in [0.25, 0.3) is 5.91 Å². The number of nitrogens with zero attached hydrogens (tertiary/aromatic N) is 3. The molecule has 2 aromatic rings. The lowest BCUT2D eigenvalue weighted by Crippen LogP contribution is -2.45. The molecule has 0 saturated carbocycles. The summed E-state index contributed by atoms with van der Waals surface area (Å²) in [7, 11) is 2.17. The summed E-state index contributed by atoms with van der Waals surface area (Å²) in [6.07, 6.45) is 1.71. The van der Waals surface area contributed by atoms with E-state index in [-0.39, 0.29) is 17.7 Å². The summed E-state index contributed by atoms with van der Waals surface area (Å²) in [5.41, 5.74) is 2.42. The Bertz CT molecular complexity index is 877. The summed E-state index contributed by atoms with van der Waals surface area (Å²) in [6.45, 7) is 7.15. The van der Waals surface area contributed by atoms with E-state index < -0.39 is 0 Å². The molecule has 0 radical (unpaired) electrons. The summed E-state index contributed by atoms with van der Waals surface area (Å²) in [5.74, 6) is -0.0385. The number of benzene rings is 1. The van der Waals surface area contributed by atoms with E-state index in [0.29, 0.717) is 13.1 Å². The van der Waals surface area contributed by atoms with Gasteiger partial charge in [0.2, 0.25) is 5.91 Å². The molecule has 2 aliphatic heterocycles. The van der Waals surface area contributed by atoms with E-state index in [1.807, 2.05) is 22.4 Å². The molecular weight excluding hydrogens is 408 g/mol. The van der Waals surface area contributed by atoms with Gasteiger partial charge in [-0.05, 0) is 42.5 Å². The van der Waals surface area contributed by atoms with Crippen LogP contribution in [0.3, 0.4) is 0 Å². The first-order valence-electron chi connectivity index (χ1n) is 11.2. The minimum Gasteiger partial charge on any atom is -0.352 e. The molecule has 1 aromatic carbocycles. The van der Waals surface area contributed by atoms with Crippen molar-refractivity contribution in [2.24, 2.45) is 5.92 Å². The molecule has 31 heavy (non-hydrogen) atoms. The van der Waals surface area contributed by atoms with E-state index in [1.54, 1.807) is 0 Å². The van der Waals surface area contributed by atoms with Crippen molar-refractivity contribution in [3.05, 3.63) is 57.8 Å². The number of amides is 2. The van der Waals surface area contributed by atoms with Crippen molar-refractivity contribution in [3.8, 4) is 0 Å². The fraction of sp³-hybridized carbons (Fsp3) is 0.500. The number of hydrogen-bond donors (Lipinski definition) is 1. The topological polar surface area (TPSA) is 55.9 Å². The van der Waals surface area contributed by atoms with Crippen LogP contribution in [0.2, 0.25) is 0 Å². The van der Waals surface area contributed by atoms with Crippen LogP contribution in [0.25, 0.3) is 0 Å². The molecule has 1 N–H and O–H groups in total. The van der Waals surface area contributed by atoms with Crippen LogP contribution in [0.4, 0.5) is 0 Å². The Hall–Kier alpha value is -2.22. The number of likely N-dealkylation sites (N-methyl/N-ethyl adjacent to an activating group) is 1. The Morgan fingerprint density at radius 1 is 1.06 bits per heavy atom. The monoisotopic (exact) mass is 440 g/mol. The quantitative estimate of drug-likeness (QED) is 0.750. The number of likely N-dealkylation sites (tertiary alicyclic amines) is 1. The first kappa shape index (κ1) is 22.0. The van der Waals surface area contributed by atoms with Crippen molar-refractivity contribution in [3.63, 3.8) is 0 Å². The number of piperazine rings is 1. The normalized spacial score (nSPS) is 20.5. The van der Waals surface area contributed by atoms with Gasteiger partial charge >= 0.3 is 0 Å². The zero-order valence-electron chi connectivity index (χ0n) is 18.3. The lowest BCUT2D eigenvalue weighted by molar-refractivity contribution is -0.126. The van der Waals surface area contributed by atoms with Crippen LogP contribution >= 0.6 is 11.3 Å². The number of carbonyl (C=O) groups excluding carboxylic acids is 2. The highest BCUT2D eigenvalue weighted by molar-refractivity contribution is 7.12. The lowest BCUT2D eigenvalue weighted by Gasteiger charge is -2.32. The molecule has 0 bridgehead atoms. The van der Waals surface area contributed by atoms with Crippen molar-refractivity contribution in [1.29, 1.82) is 0 Å². The zero-order chi connectivity index (χ0) is 21.6. The van der Waals surface area contributed by atoms with Crippen molar-refractivity contribution < 1.29 is 9.59 Å². The summed E-state index contributed by atoms with van der Waals surface area (Å²) in [6, 6.07) is 12.3. The molecule has 4 rings (SSSR count). The van der Waals surface area contributed by atoms with E-state index in [4.69, 9.17) is 0 Å². The standard InChI is InChI=1S/C24H32N4O2S/c1-26-10-12-27(13-11-26)17-20-6-2-5-19(15-20)16-25-23(29)21-7-3-9-28(18-21)24(30)22-8-4-14-31-22/h2,4-6,8,14-15,21H,3,7,9-13,16-18H2,1H3,(H,25,29). The molecule has 7 heteroatoms. The molecule has 6 nitrogen and oxygen atoms in total. The molecule has 166 valence electrons. The number of thiophene rings is 1. The minimum atomic E-state index is -0.133. The molecule has 2 saturated heterocycles. The highest BCUT2D eigenvalue weighted by Crippen LogP contribution is 2.21. The molecule has 2 amide bonds. The molecule has 1 atom stereocenters. The second kappa shape index (κ2) is 10.4. The number of piperidine rings is 1. The van der Waals surface area contributed by atoms with Gasteiger partial charge in [-0.1, -0.05) is 30.3 Å². The summed E-state index contributed by atoms with van der Waals surface area (Å²) < 4.78 is 0. The highest BCUT2D eigenvalue weighted by atomic mass is 32.1. The van der Waals surface area contributed by atoms with Crippen molar-refractivity contribution in [1.82, 2.24) is 20.0 Å². The van der Waals surface area contributed by atoms with Gasteiger partial charge in [-0.2, -0.15) is 0 Å². The summed E-state index contributed by atoms with van der Waals surface area (Å²) in [4.78, 5) is 32.9. The van der Waals surface area contributed by atoms with Gasteiger partial charge in [-0.15, -0.1) is 11.3 Å². The first-order valence-corrected chi connectivity index (χ1v) is 12.1. The van der Waals surface area contributed by atoms with Gasteiger partial charge in [0.05, 0.1) is 10.8 Å². The van der Waals surface area contributed by atoms with Crippen LogP contribution in [-0.4, -0.2) is 72.8 Å². The van der Waals surface area contributed by atoms with Crippen LogP contribution < -0.4 is 5.32 Å². The molecular formula is C24H32N4O2S. The maximum Gasteiger partial charge on any atom is 0.263 e. The van der Waals surface area contributed by atoms with Crippen molar-refractivity contribution >= 4 is 23.2 Å². The number of nitrogens with one attached hydrogen (secondary N) is 1. The van der Waals surface area contributed by atoms with Crippen LogP contribution in [0.15, 0.2) is 41.8 Å². The predicted molar refractivity (Wildman–Crippen MR) is 124 cm³/mol. The molecule has 3 heterocycles. The molecule has 0 spiro atoms. The maximum absolute atomic E-state index is 12.8. The minimum absolute atomic E-state index is 0.0455. The van der Waals surface area contributed by atoms with Gasteiger partial charge in [-0.3, -0.25) is 14.5 Å². The fourth-order valence-electron chi connectivity index (χ4n) is 4.37. The van der Waals surface area contributed by atoms with Crippen molar-refractivity contribution in [2.45, 2.75) is 25.9 Å². The third-order valence-corrected chi connectivity index (χ3v) is 7.13. The Labute approximate surface area is 188 Å². The van der Waals surface area contributed by atoms with Crippen LogP contribution in [0.1, 0.15) is 33.6 Å². The van der Waals surface area contributed by atoms with Crippen molar-refractivity contribution in [2.75, 3.05) is 46.3 Å². The van der Waals surface area contributed by atoms with E-state index in [9.17, 15) is 9.59 Å². The Kier molecular flexibility index (Phi) is 7.37. The Morgan fingerprint density at radius 2 is 1.87 bits per heavy atom. The average Bonchev–Trinajstić information content (AvgIpc) is 3.34. The van der Waals surface area contributed by atoms with Gasteiger partial charge in [0.15, 0.2) is 0 Å². The second-order valence-corrected chi connectivity index (χ2v) is 9.63. The lowest BCUT2D eigenvalue weighted by atomic mass is 9.96. The summed E-state index contributed by atoms with van der Waals surface area (Å²) in [5, 5.41) is 5.02. The highest BCUT2D eigenvalue weighted by Gasteiger charge is 2.29. The van der Waals surface area contributed by atoms with Gasteiger partial charge in [0.1, 0.15) is 0 Å². The number of rotatable bonds is 6. The number of carbonyl (C=O) groups is 2. The van der Waals surface area contributed by atoms with E-state index in [2.05, 4.69) is 46.4 Å². The molecule has 2 aliphatic rings. The maximum atomic E-state index is 12.8. The Morgan fingerprint density at radius 3 is 2.65 bits per heavy atom. The van der Waals surface area contributed by atoms with E-state index >= 15 is 0 Å². The van der Waals surface area contributed by atoms with E-state index in [0.717, 1.165) is 62.6 Å². The molecule has 0 aliphatic carbocycles. The van der Waals surface area contributed by atoms with Crippen LogP contribution in [0.5, 0.6) is 0 Å². The second-order valence-electron chi connectivity index (χ2n) is 8.68. The third-order valence-electron chi connectivity index (χ3n) is 6.27.